The molecule has 0 aliphatic carbocycles. The number of pyridine rings is 1. The maximum absolute atomic E-state index is 12.8. The van der Waals surface area contributed by atoms with Gasteiger partial charge in [-0.05, 0) is 54.1 Å². The molecular weight excluding hydrogens is 428 g/mol. The molecule has 2 aromatic carbocycles. The molecule has 1 aromatic heterocycles. The van der Waals surface area contributed by atoms with E-state index in [0.29, 0.717) is 24.3 Å². The Morgan fingerprint density at radius 2 is 1.59 bits per heavy atom. The van der Waals surface area contributed by atoms with Crippen molar-refractivity contribution in [2.75, 3.05) is 37.4 Å². The number of aromatic nitrogens is 1. The van der Waals surface area contributed by atoms with Crippen LogP contribution in [-0.4, -0.2) is 55.0 Å². The molecule has 1 N–H and O–H groups in total. The van der Waals surface area contributed by atoms with Gasteiger partial charge in [-0.15, -0.1) is 0 Å². The third-order valence-corrected chi connectivity index (χ3v) is 5.88. The SMILES string of the molecule is CC(=O)Nc1ccc(C(=O)N2CCC(Oc3ccc(-c4ccc(N(C)C)nc4)cc3)CC2)cc1. The molecule has 0 bridgehead atoms. The molecule has 34 heavy (non-hydrogen) atoms. The van der Waals surface area contributed by atoms with Crippen molar-refractivity contribution in [2.45, 2.75) is 25.9 Å². The van der Waals surface area contributed by atoms with E-state index in [1.54, 1.807) is 24.3 Å². The maximum Gasteiger partial charge on any atom is 0.253 e. The second kappa shape index (κ2) is 10.4. The molecule has 2 heterocycles. The molecule has 3 aromatic rings. The lowest BCUT2D eigenvalue weighted by molar-refractivity contribution is -0.114. The number of anilines is 2. The van der Waals surface area contributed by atoms with Crippen LogP contribution in [0.1, 0.15) is 30.1 Å². The quantitative estimate of drug-likeness (QED) is 0.591. The number of ether oxygens (including phenoxy) is 1. The minimum Gasteiger partial charge on any atom is -0.490 e. The summed E-state index contributed by atoms with van der Waals surface area (Å²) in [6.07, 6.45) is 3.53. The van der Waals surface area contributed by atoms with Crippen molar-refractivity contribution in [1.82, 2.24) is 9.88 Å². The fourth-order valence-corrected chi connectivity index (χ4v) is 4.00. The van der Waals surface area contributed by atoms with Crippen molar-refractivity contribution in [3.63, 3.8) is 0 Å². The molecule has 1 saturated heterocycles. The third kappa shape index (κ3) is 5.73. The Morgan fingerprint density at radius 3 is 2.15 bits per heavy atom. The summed E-state index contributed by atoms with van der Waals surface area (Å²) in [6.45, 7) is 2.76. The summed E-state index contributed by atoms with van der Waals surface area (Å²) in [6, 6.07) is 19.2. The van der Waals surface area contributed by atoms with E-state index in [-0.39, 0.29) is 17.9 Å². The molecule has 2 amide bonds. The van der Waals surface area contributed by atoms with Crippen molar-refractivity contribution in [2.24, 2.45) is 0 Å². The standard InChI is InChI=1S/C27H30N4O3/c1-19(32)29-23-9-4-21(5-10-23)27(33)31-16-14-25(15-17-31)34-24-11-6-20(7-12-24)22-8-13-26(28-18-22)30(2)3/h4-13,18,25H,14-17H2,1-3H3,(H,29,32). The molecule has 0 saturated carbocycles. The summed E-state index contributed by atoms with van der Waals surface area (Å²) in [5, 5.41) is 2.71. The lowest BCUT2D eigenvalue weighted by atomic mass is 10.1. The summed E-state index contributed by atoms with van der Waals surface area (Å²) >= 11 is 0. The second-order valence-electron chi connectivity index (χ2n) is 8.69. The van der Waals surface area contributed by atoms with Crippen molar-refractivity contribution in [3.05, 3.63) is 72.4 Å². The van der Waals surface area contributed by atoms with Gasteiger partial charge in [0.1, 0.15) is 17.7 Å². The number of nitrogens with one attached hydrogen (secondary N) is 1. The number of likely N-dealkylation sites (tertiary alicyclic amines) is 1. The van der Waals surface area contributed by atoms with E-state index in [1.807, 2.05) is 60.4 Å². The molecule has 1 aliphatic heterocycles. The van der Waals surface area contributed by atoms with E-state index in [9.17, 15) is 9.59 Å². The fourth-order valence-electron chi connectivity index (χ4n) is 4.00. The zero-order valence-corrected chi connectivity index (χ0v) is 19.8. The highest BCUT2D eigenvalue weighted by atomic mass is 16.5. The molecule has 4 rings (SSSR count). The molecule has 1 fully saturated rings. The van der Waals surface area contributed by atoms with Crippen LogP contribution in [0.15, 0.2) is 66.9 Å². The fraction of sp³-hybridized carbons (Fsp3) is 0.296. The van der Waals surface area contributed by atoms with E-state index < -0.39 is 0 Å². The highest BCUT2D eigenvalue weighted by Crippen LogP contribution is 2.25. The van der Waals surface area contributed by atoms with Gasteiger partial charge in [0.2, 0.25) is 5.91 Å². The number of benzene rings is 2. The molecule has 7 nitrogen and oxygen atoms in total. The Labute approximate surface area is 200 Å². The maximum atomic E-state index is 12.8. The number of nitrogens with zero attached hydrogens (tertiary/aromatic N) is 3. The number of carbonyl (C=O) groups is 2. The first kappa shape index (κ1) is 23.3. The van der Waals surface area contributed by atoms with E-state index in [2.05, 4.69) is 16.4 Å². The summed E-state index contributed by atoms with van der Waals surface area (Å²) in [4.78, 5) is 32.3. The lowest BCUT2D eigenvalue weighted by Crippen LogP contribution is -2.41. The topological polar surface area (TPSA) is 74.8 Å². The lowest BCUT2D eigenvalue weighted by Gasteiger charge is -2.32. The van der Waals surface area contributed by atoms with E-state index >= 15 is 0 Å². The Bertz CT molecular complexity index is 1120. The molecule has 0 spiro atoms. The first-order chi connectivity index (χ1) is 16.4. The van der Waals surface area contributed by atoms with Crippen LogP contribution in [0.25, 0.3) is 11.1 Å². The van der Waals surface area contributed by atoms with Crippen LogP contribution < -0.4 is 15.0 Å². The third-order valence-electron chi connectivity index (χ3n) is 5.88. The molecule has 7 heteroatoms. The van der Waals surface area contributed by atoms with Gasteiger partial charge in [-0.3, -0.25) is 9.59 Å². The Kier molecular flexibility index (Phi) is 7.11. The van der Waals surface area contributed by atoms with E-state index in [0.717, 1.165) is 35.5 Å². The van der Waals surface area contributed by atoms with Crippen molar-refractivity contribution in [3.8, 4) is 16.9 Å². The monoisotopic (exact) mass is 458 g/mol. The smallest absolute Gasteiger partial charge is 0.253 e. The van der Waals surface area contributed by atoms with Gasteiger partial charge in [-0.2, -0.15) is 0 Å². The Morgan fingerprint density at radius 1 is 0.941 bits per heavy atom. The predicted octanol–water partition coefficient (Wildman–Crippen LogP) is 4.46. The molecule has 0 unspecified atom stereocenters. The van der Waals surface area contributed by atoms with Crippen molar-refractivity contribution >= 4 is 23.3 Å². The van der Waals surface area contributed by atoms with Crippen LogP contribution in [0.2, 0.25) is 0 Å². The van der Waals surface area contributed by atoms with Gasteiger partial charge < -0.3 is 19.9 Å². The minimum atomic E-state index is -0.133. The summed E-state index contributed by atoms with van der Waals surface area (Å²) < 4.78 is 6.18. The molecular formula is C27H30N4O3. The number of rotatable bonds is 6. The van der Waals surface area contributed by atoms with E-state index in [1.165, 1.54) is 6.92 Å². The van der Waals surface area contributed by atoms with Crippen LogP contribution in [-0.2, 0) is 4.79 Å². The van der Waals surface area contributed by atoms with Crippen molar-refractivity contribution < 1.29 is 14.3 Å². The number of carbonyl (C=O) groups excluding carboxylic acids is 2. The minimum absolute atomic E-state index is 0.00562. The number of hydrogen-bond acceptors (Lipinski definition) is 5. The van der Waals surface area contributed by atoms with Crippen molar-refractivity contribution in [1.29, 1.82) is 0 Å². The van der Waals surface area contributed by atoms with Gasteiger partial charge in [0.05, 0.1) is 0 Å². The average molecular weight is 459 g/mol. The van der Waals surface area contributed by atoms with Crippen LogP contribution in [0, 0.1) is 0 Å². The highest BCUT2D eigenvalue weighted by molar-refractivity contribution is 5.95. The first-order valence-corrected chi connectivity index (χ1v) is 11.5. The van der Waals surface area contributed by atoms with Gasteiger partial charge in [0, 0.05) is 70.0 Å². The number of piperidine rings is 1. The van der Waals surface area contributed by atoms with Gasteiger partial charge >= 0.3 is 0 Å². The molecule has 176 valence electrons. The van der Waals surface area contributed by atoms with Gasteiger partial charge in [0.15, 0.2) is 0 Å². The largest absolute Gasteiger partial charge is 0.490 e. The van der Waals surface area contributed by atoms with Crippen LogP contribution in [0.4, 0.5) is 11.5 Å². The molecule has 0 atom stereocenters. The summed E-state index contributed by atoms with van der Waals surface area (Å²) in [7, 11) is 3.95. The van der Waals surface area contributed by atoms with E-state index in [4.69, 9.17) is 4.74 Å². The Balaban J connectivity index is 1.29. The zero-order chi connectivity index (χ0) is 24.1. The van der Waals surface area contributed by atoms with Crippen LogP contribution >= 0.6 is 0 Å². The molecule has 1 aliphatic rings. The zero-order valence-electron chi connectivity index (χ0n) is 19.8. The normalized spacial score (nSPS) is 13.9. The van der Waals surface area contributed by atoms with Gasteiger partial charge in [-0.1, -0.05) is 12.1 Å². The Hall–Kier alpha value is -3.87. The first-order valence-electron chi connectivity index (χ1n) is 11.5. The summed E-state index contributed by atoms with van der Waals surface area (Å²) in [5.41, 5.74) is 3.46. The highest BCUT2D eigenvalue weighted by Gasteiger charge is 2.24. The predicted molar refractivity (Wildman–Crippen MR) is 134 cm³/mol. The van der Waals surface area contributed by atoms with Gasteiger partial charge in [-0.25, -0.2) is 4.98 Å². The molecule has 0 radical (unpaired) electrons. The number of hydrogen-bond donors (Lipinski definition) is 1. The summed E-state index contributed by atoms with van der Waals surface area (Å²) in [5.74, 6) is 1.63. The van der Waals surface area contributed by atoms with Crippen LogP contribution in [0.5, 0.6) is 5.75 Å². The average Bonchev–Trinajstić information content (AvgIpc) is 2.85. The second-order valence-corrected chi connectivity index (χ2v) is 8.69. The van der Waals surface area contributed by atoms with Crippen LogP contribution in [0.3, 0.4) is 0 Å². The number of amides is 2. The van der Waals surface area contributed by atoms with Gasteiger partial charge in [0.25, 0.3) is 5.91 Å².